The van der Waals surface area contributed by atoms with Crippen LogP contribution in [0.15, 0.2) is 0 Å². The molecule has 0 aromatic heterocycles. The first-order valence-electron chi connectivity index (χ1n) is 6.53. The molecule has 1 aliphatic rings. The van der Waals surface area contributed by atoms with Gasteiger partial charge in [0.25, 0.3) is 0 Å². The third-order valence-electron chi connectivity index (χ3n) is 3.04. The van der Waals surface area contributed by atoms with Crippen LogP contribution in [0.1, 0.15) is 25.7 Å². The minimum Gasteiger partial charge on any atom is -0.378 e. The van der Waals surface area contributed by atoms with Crippen molar-refractivity contribution in [3.05, 3.63) is 0 Å². The summed E-state index contributed by atoms with van der Waals surface area (Å²) in [6, 6.07) is 0.128. The van der Waals surface area contributed by atoms with Gasteiger partial charge in [-0.25, -0.2) is 4.79 Å². The number of rotatable bonds is 5. The minimum atomic E-state index is 0.128. The Morgan fingerprint density at radius 1 is 1.24 bits per heavy atom. The number of hydrogen-bond acceptors (Lipinski definition) is 3. The topological polar surface area (TPSA) is 58.8 Å². The molecule has 0 atom stereocenters. The molecular weight excluding hydrogens is 218 g/mol. The van der Waals surface area contributed by atoms with Crippen LogP contribution in [0.3, 0.4) is 0 Å². The zero-order valence-electron chi connectivity index (χ0n) is 10.9. The normalized spacial score (nSPS) is 16.7. The SMILES string of the molecule is CN(CCOCCN)C(=O)N1CCCCCC1. The fourth-order valence-corrected chi connectivity index (χ4v) is 1.99. The Bertz CT molecular complexity index is 216. The zero-order chi connectivity index (χ0) is 12.5. The third-order valence-corrected chi connectivity index (χ3v) is 3.04. The molecule has 1 fully saturated rings. The Labute approximate surface area is 104 Å². The summed E-state index contributed by atoms with van der Waals surface area (Å²) >= 11 is 0. The number of nitrogens with two attached hydrogens (primary N) is 1. The summed E-state index contributed by atoms with van der Waals surface area (Å²) in [6.07, 6.45) is 4.74. The lowest BCUT2D eigenvalue weighted by atomic mass is 10.2. The molecule has 17 heavy (non-hydrogen) atoms. The lowest BCUT2D eigenvalue weighted by Crippen LogP contribution is -2.42. The first-order chi connectivity index (χ1) is 8.25. The third kappa shape index (κ3) is 5.37. The summed E-state index contributed by atoms with van der Waals surface area (Å²) in [6.45, 7) is 4.08. The molecular formula is C12H25N3O2. The molecule has 1 saturated heterocycles. The number of likely N-dealkylation sites (N-methyl/N-ethyl adjacent to an activating group) is 1. The van der Waals surface area contributed by atoms with Gasteiger partial charge < -0.3 is 20.3 Å². The van der Waals surface area contributed by atoms with Gasteiger partial charge in [-0.05, 0) is 12.8 Å². The maximum atomic E-state index is 12.1. The molecule has 0 aromatic rings. The van der Waals surface area contributed by atoms with E-state index in [1.807, 2.05) is 11.9 Å². The standard InChI is InChI=1S/C12H25N3O2/c1-14(9-11-17-10-6-13)12(16)15-7-4-2-3-5-8-15/h2-11,13H2,1H3. The number of carbonyl (C=O) groups is 1. The predicted octanol–water partition coefficient (Wildman–Crippen LogP) is 0.889. The van der Waals surface area contributed by atoms with Gasteiger partial charge in [-0.3, -0.25) is 0 Å². The molecule has 5 nitrogen and oxygen atoms in total. The summed E-state index contributed by atoms with van der Waals surface area (Å²) in [4.78, 5) is 15.8. The van der Waals surface area contributed by atoms with Crippen molar-refractivity contribution in [2.45, 2.75) is 25.7 Å². The summed E-state index contributed by atoms with van der Waals surface area (Å²) in [7, 11) is 1.83. The summed E-state index contributed by atoms with van der Waals surface area (Å²) < 4.78 is 5.28. The predicted molar refractivity (Wildman–Crippen MR) is 67.9 cm³/mol. The lowest BCUT2D eigenvalue weighted by molar-refractivity contribution is 0.111. The maximum Gasteiger partial charge on any atom is 0.319 e. The van der Waals surface area contributed by atoms with Crippen molar-refractivity contribution in [3.8, 4) is 0 Å². The molecule has 0 spiro atoms. The van der Waals surface area contributed by atoms with E-state index in [0.717, 1.165) is 25.9 Å². The molecule has 1 heterocycles. The molecule has 0 aromatic carbocycles. The Kier molecular flexibility index (Phi) is 6.96. The van der Waals surface area contributed by atoms with E-state index < -0.39 is 0 Å². The second kappa shape index (κ2) is 8.31. The Morgan fingerprint density at radius 3 is 2.47 bits per heavy atom. The summed E-state index contributed by atoms with van der Waals surface area (Å²) in [5, 5.41) is 0. The van der Waals surface area contributed by atoms with Crippen molar-refractivity contribution in [1.29, 1.82) is 0 Å². The van der Waals surface area contributed by atoms with Crippen LogP contribution >= 0.6 is 0 Å². The maximum absolute atomic E-state index is 12.1. The van der Waals surface area contributed by atoms with E-state index in [-0.39, 0.29) is 6.03 Å². The Hall–Kier alpha value is -0.810. The van der Waals surface area contributed by atoms with Crippen molar-refractivity contribution >= 4 is 6.03 Å². The van der Waals surface area contributed by atoms with Crippen molar-refractivity contribution in [2.75, 3.05) is 46.4 Å². The largest absolute Gasteiger partial charge is 0.378 e. The molecule has 0 saturated carbocycles. The van der Waals surface area contributed by atoms with Gasteiger partial charge in [-0.2, -0.15) is 0 Å². The second-order valence-electron chi connectivity index (χ2n) is 4.51. The highest BCUT2D eigenvalue weighted by atomic mass is 16.5. The Balaban J connectivity index is 2.24. The number of ether oxygens (including phenoxy) is 1. The minimum absolute atomic E-state index is 0.128. The monoisotopic (exact) mass is 243 g/mol. The van der Waals surface area contributed by atoms with Crippen molar-refractivity contribution in [1.82, 2.24) is 9.80 Å². The molecule has 0 bridgehead atoms. The van der Waals surface area contributed by atoms with E-state index in [9.17, 15) is 4.79 Å². The van der Waals surface area contributed by atoms with Crippen LogP contribution in [0, 0.1) is 0 Å². The molecule has 0 radical (unpaired) electrons. The van der Waals surface area contributed by atoms with Crippen LogP contribution < -0.4 is 5.73 Å². The van der Waals surface area contributed by atoms with E-state index in [1.54, 1.807) is 4.90 Å². The molecule has 100 valence electrons. The average Bonchev–Trinajstić information content (AvgIpc) is 2.62. The van der Waals surface area contributed by atoms with Crippen molar-refractivity contribution < 1.29 is 9.53 Å². The number of amides is 2. The summed E-state index contributed by atoms with van der Waals surface area (Å²) in [5.74, 6) is 0. The molecule has 1 aliphatic heterocycles. The molecule has 0 unspecified atom stereocenters. The van der Waals surface area contributed by atoms with E-state index in [1.165, 1.54) is 12.8 Å². The second-order valence-corrected chi connectivity index (χ2v) is 4.51. The van der Waals surface area contributed by atoms with Gasteiger partial charge >= 0.3 is 6.03 Å². The van der Waals surface area contributed by atoms with Crippen LogP contribution in [0.4, 0.5) is 4.79 Å². The van der Waals surface area contributed by atoms with Crippen LogP contribution in [0.2, 0.25) is 0 Å². The fraction of sp³-hybridized carbons (Fsp3) is 0.917. The van der Waals surface area contributed by atoms with Crippen molar-refractivity contribution in [3.63, 3.8) is 0 Å². The van der Waals surface area contributed by atoms with Gasteiger partial charge in [-0.15, -0.1) is 0 Å². The highest BCUT2D eigenvalue weighted by Gasteiger charge is 2.18. The average molecular weight is 243 g/mol. The van der Waals surface area contributed by atoms with Crippen LogP contribution in [0.5, 0.6) is 0 Å². The number of likely N-dealkylation sites (tertiary alicyclic amines) is 1. The van der Waals surface area contributed by atoms with E-state index >= 15 is 0 Å². The van der Waals surface area contributed by atoms with Gasteiger partial charge in [0.05, 0.1) is 13.2 Å². The zero-order valence-corrected chi connectivity index (χ0v) is 10.9. The number of hydrogen-bond donors (Lipinski definition) is 1. The molecule has 1 rings (SSSR count). The number of carbonyl (C=O) groups excluding carboxylic acids is 1. The quantitative estimate of drug-likeness (QED) is 0.730. The number of nitrogens with zero attached hydrogens (tertiary/aromatic N) is 2. The van der Waals surface area contributed by atoms with Crippen LogP contribution in [-0.4, -0.2) is 62.3 Å². The van der Waals surface area contributed by atoms with Crippen LogP contribution in [0.25, 0.3) is 0 Å². The molecule has 2 N–H and O–H groups in total. The lowest BCUT2D eigenvalue weighted by Gasteiger charge is -2.27. The van der Waals surface area contributed by atoms with Gasteiger partial charge in [0.1, 0.15) is 0 Å². The van der Waals surface area contributed by atoms with Gasteiger partial charge in [0.15, 0.2) is 0 Å². The van der Waals surface area contributed by atoms with Crippen LogP contribution in [-0.2, 0) is 4.74 Å². The first kappa shape index (κ1) is 14.3. The summed E-state index contributed by atoms with van der Waals surface area (Å²) in [5.41, 5.74) is 5.33. The molecule has 2 amide bonds. The van der Waals surface area contributed by atoms with E-state index in [0.29, 0.717) is 26.3 Å². The fourth-order valence-electron chi connectivity index (χ4n) is 1.99. The highest BCUT2D eigenvalue weighted by molar-refractivity contribution is 5.74. The smallest absolute Gasteiger partial charge is 0.319 e. The van der Waals surface area contributed by atoms with Gasteiger partial charge in [0, 0.05) is 33.2 Å². The van der Waals surface area contributed by atoms with Gasteiger partial charge in [-0.1, -0.05) is 12.8 Å². The number of urea groups is 1. The Morgan fingerprint density at radius 2 is 1.88 bits per heavy atom. The van der Waals surface area contributed by atoms with Gasteiger partial charge in [0.2, 0.25) is 0 Å². The van der Waals surface area contributed by atoms with E-state index in [4.69, 9.17) is 10.5 Å². The first-order valence-corrected chi connectivity index (χ1v) is 6.53. The molecule has 5 heteroatoms. The molecule has 0 aliphatic carbocycles. The van der Waals surface area contributed by atoms with E-state index in [2.05, 4.69) is 0 Å². The van der Waals surface area contributed by atoms with Crippen molar-refractivity contribution in [2.24, 2.45) is 5.73 Å². The highest BCUT2D eigenvalue weighted by Crippen LogP contribution is 2.11.